The van der Waals surface area contributed by atoms with Crippen LogP contribution in [0.3, 0.4) is 0 Å². The van der Waals surface area contributed by atoms with Crippen LogP contribution < -0.4 is 4.74 Å². The van der Waals surface area contributed by atoms with Crippen molar-refractivity contribution in [1.29, 1.82) is 0 Å². The minimum Gasteiger partial charge on any atom is -0.438 e. The Kier molecular flexibility index (Phi) is 4.70. The summed E-state index contributed by atoms with van der Waals surface area (Å²) in [5, 5.41) is 0. The molecule has 0 fully saturated rings. The summed E-state index contributed by atoms with van der Waals surface area (Å²) in [6.45, 7) is 2.81. The fraction of sp³-hybridized carbons (Fsp3) is 0.250. The number of ether oxygens (including phenoxy) is 1. The van der Waals surface area contributed by atoms with Gasteiger partial charge in [-0.3, -0.25) is 9.88 Å². The average molecular weight is 267 g/mol. The summed E-state index contributed by atoms with van der Waals surface area (Å²) >= 11 is 0. The third kappa shape index (κ3) is 3.81. The van der Waals surface area contributed by atoms with Crippen LogP contribution in [-0.4, -0.2) is 28.0 Å². The van der Waals surface area contributed by atoms with Crippen molar-refractivity contribution >= 4 is 0 Å². The lowest BCUT2D eigenvalue weighted by atomic mass is 10.2. The molecule has 20 heavy (non-hydrogen) atoms. The van der Waals surface area contributed by atoms with Gasteiger partial charge in [-0.2, -0.15) is 0 Å². The number of terminal acetylenes is 1. The summed E-state index contributed by atoms with van der Waals surface area (Å²) in [4.78, 5) is 10.1. The first-order valence-electron chi connectivity index (χ1n) is 6.38. The summed E-state index contributed by atoms with van der Waals surface area (Å²) in [6.07, 6.45) is 10.2. The molecule has 1 aromatic carbocycles. The molecule has 102 valence electrons. The van der Waals surface area contributed by atoms with Gasteiger partial charge in [0.25, 0.3) is 0 Å². The van der Waals surface area contributed by atoms with E-state index >= 15 is 0 Å². The third-order valence-corrected chi connectivity index (χ3v) is 3.02. The summed E-state index contributed by atoms with van der Waals surface area (Å²) in [5.74, 6) is 3.94. The smallest absolute Gasteiger partial charge is 0.237 e. The SMILES string of the molecule is C#C[C@@H](C)N(C)Cc1ccc(Oc2cnccn2)cc1. The summed E-state index contributed by atoms with van der Waals surface area (Å²) in [7, 11) is 2.01. The second-order valence-electron chi connectivity index (χ2n) is 4.55. The zero-order chi connectivity index (χ0) is 14.4. The first kappa shape index (κ1) is 14.0. The molecule has 4 heteroatoms. The number of hydrogen-bond acceptors (Lipinski definition) is 4. The van der Waals surface area contributed by atoms with Gasteiger partial charge in [0.15, 0.2) is 0 Å². The minimum atomic E-state index is 0.116. The molecule has 2 rings (SSSR count). The van der Waals surface area contributed by atoms with E-state index in [2.05, 4.69) is 20.8 Å². The molecule has 1 heterocycles. The maximum Gasteiger partial charge on any atom is 0.237 e. The van der Waals surface area contributed by atoms with Crippen LogP contribution in [0, 0.1) is 12.3 Å². The lowest BCUT2D eigenvalue weighted by Crippen LogP contribution is -2.26. The van der Waals surface area contributed by atoms with Crippen molar-refractivity contribution < 1.29 is 4.74 Å². The van der Waals surface area contributed by atoms with Gasteiger partial charge in [0, 0.05) is 18.9 Å². The van der Waals surface area contributed by atoms with Crippen molar-refractivity contribution in [1.82, 2.24) is 14.9 Å². The van der Waals surface area contributed by atoms with Gasteiger partial charge in [-0.05, 0) is 31.7 Å². The number of rotatable bonds is 5. The van der Waals surface area contributed by atoms with E-state index < -0.39 is 0 Å². The van der Waals surface area contributed by atoms with Crippen LogP contribution in [0.2, 0.25) is 0 Å². The topological polar surface area (TPSA) is 38.2 Å². The Balaban J connectivity index is 1.98. The van der Waals surface area contributed by atoms with Crippen molar-refractivity contribution in [3.05, 3.63) is 48.4 Å². The molecule has 0 spiro atoms. The van der Waals surface area contributed by atoms with Gasteiger partial charge < -0.3 is 4.74 Å². The van der Waals surface area contributed by atoms with Gasteiger partial charge in [-0.15, -0.1) is 6.42 Å². The average Bonchev–Trinajstić information content (AvgIpc) is 2.49. The van der Waals surface area contributed by atoms with Gasteiger partial charge in [0.1, 0.15) is 5.75 Å². The standard InChI is InChI=1S/C16H17N3O/c1-4-13(2)19(3)12-14-5-7-15(8-6-14)20-16-11-17-9-10-18-16/h1,5-11,13H,12H2,2-3H3/t13-/m1/s1. The van der Waals surface area contributed by atoms with E-state index in [-0.39, 0.29) is 6.04 Å². The molecule has 0 amide bonds. The molecule has 0 saturated carbocycles. The molecular formula is C16H17N3O. The van der Waals surface area contributed by atoms with Gasteiger partial charge in [0.2, 0.25) is 5.88 Å². The molecule has 1 atom stereocenters. The van der Waals surface area contributed by atoms with Crippen LogP contribution in [-0.2, 0) is 6.54 Å². The van der Waals surface area contributed by atoms with Crippen molar-refractivity contribution in [2.24, 2.45) is 0 Å². The molecule has 2 aromatic rings. The zero-order valence-corrected chi connectivity index (χ0v) is 11.7. The molecule has 0 aliphatic carbocycles. The Bertz CT molecular complexity index is 575. The van der Waals surface area contributed by atoms with Crippen LogP contribution in [0.25, 0.3) is 0 Å². The lowest BCUT2D eigenvalue weighted by Gasteiger charge is -2.20. The predicted molar refractivity (Wildman–Crippen MR) is 78.3 cm³/mol. The molecule has 0 N–H and O–H groups in total. The number of benzene rings is 1. The Morgan fingerprint density at radius 1 is 1.30 bits per heavy atom. The Hall–Kier alpha value is -2.38. The van der Waals surface area contributed by atoms with Gasteiger partial charge >= 0.3 is 0 Å². The van der Waals surface area contributed by atoms with Crippen LogP contribution in [0.4, 0.5) is 0 Å². The van der Waals surface area contributed by atoms with E-state index in [0.29, 0.717) is 5.88 Å². The van der Waals surface area contributed by atoms with Crippen LogP contribution in [0.15, 0.2) is 42.9 Å². The van der Waals surface area contributed by atoms with E-state index in [0.717, 1.165) is 12.3 Å². The van der Waals surface area contributed by atoms with E-state index in [1.54, 1.807) is 18.6 Å². The quantitative estimate of drug-likeness (QED) is 0.781. The molecule has 0 bridgehead atoms. The highest BCUT2D eigenvalue weighted by Crippen LogP contribution is 2.19. The summed E-state index contributed by atoms with van der Waals surface area (Å²) < 4.78 is 5.59. The van der Waals surface area contributed by atoms with Crippen molar-refractivity contribution in [2.45, 2.75) is 19.5 Å². The number of nitrogens with zero attached hydrogens (tertiary/aromatic N) is 3. The van der Waals surface area contributed by atoms with E-state index in [4.69, 9.17) is 11.2 Å². The highest BCUT2D eigenvalue weighted by Gasteiger charge is 2.06. The van der Waals surface area contributed by atoms with Crippen molar-refractivity contribution in [3.63, 3.8) is 0 Å². The van der Waals surface area contributed by atoms with Crippen molar-refractivity contribution in [2.75, 3.05) is 7.05 Å². The van der Waals surface area contributed by atoms with Crippen molar-refractivity contribution in [3.8, 4) is 24.0 Å². The van der Waals surface area contributed by atoms with Gasteiger partial charge in [0.05, 0.1) is 12.2 Å². The molecule has 0 aliphatic heterocycles. The van der Waals surface area contributed by atoms with Crippen LogP contribution >= 0.6 is 0 Å². The predicted octanol–water partition coefficient (Wildman–Crippen LogP) is 2.72. The van der Waals surface area contributed by atoms with Gasteiger partial charge in [-0.1, -0.05) is 18.1 Å². The first-order chi connectivity index (χ1) is 9.69. The molecule has 0 radical (unpaired) electrons. The highest BCUT2D eigenvalue weighted by molar-refractivity contribution is 5.30. The zero-order valence-electron chi connectivity index (χ0n) is 11.7. The molecular weight excluding hydrogens is 250 g/mol. The molecule has 0 aliphatic rings. The second-order valence-corrected chi connectivity index (χ2v) is 4.55. The maximum absolute atomic E-state index is 5.59. The third-order valence-electron chi connectivity index (χ3n) is 3.02. The van der Waals surface area contributed by atoms with Crippen LogP contribution in [0.1, 0.15) is 12.5 Å². The maximum atomic E-state index is 5.59. The largest absolute Gasteiger partial charge is 0.438 e. The minimum absolute atomic E-state index is 0.116. The first-order valence-corrected chi connectivity index (χ1v) is 6.38. The Morgan fingerprint density at radius 3 is 2.65 bits per heavy atom. The van der Waals surface area contributed by atoms with Crippen LogP contribution in [0.5, 0.6) is 11.6 Å². The normalized spacial score (nSPS) is 11.9. The molecule has 1 aromatic heterocycles. The van der Waals surface area contributed by atoms with E-state index in [1.165, 1.54) is 5.56 Å². The molecule has 0 unspecified atom stereocenters. The Labute approximate surface area is 119 Å². The van der Waals surface area contributed by atoms with E-state index in [9.17, 15) is 0 Å². The highest BCUT2D eigenvalue weighted by atomic mass is 16.5. The van der Waals surface area contributed by atoms with Gasteiger partial charge in [-0.25, -0.2) is 4.98 Å². The Morgan fingerprint density at radius 2 is 2.05 bits per heavy atom. The fourth-order valence-electron chi connectivity index (χ4n) is 1.67. The lowest BCUT2D eigenvalue weighted by molar-refractivity contribution is 0.296. The van der Waals surface area contributed by atoms with E-state index in [1.807, 2.05) is 38.2 Å². The summed E-state index contributed by atoms with van der Waals surface area (Å²) in [5.41, 5.74) is 1.18. The molecule has 0 saturated heterocycles. The molecule has 4 nitrogen and oxygen atoms in total. The second kappa shape index (κ2) is 6.69. The summed E-state index contributed by atoms with van der Waals surface area (Å²) in [6, 6.07) is 7.98. The monoisotopic (exact) mass is 267 g/mol. The number of hydrogen-bond donors (Lipinski definition) is 0. The fourth-order valence-corrected chi connectivity index (χ4v) is 1.67. The number of aromatic nitrogens is 2.